The van der Waals surface area contributed by atoms with Gasteiger partial charge in [-0.2, -0.15) is 0 Å². The first-order valence-corrected chi connectivity index (χ1v) is 9.93. The number of hydrogen-bond donors (Lipinski definition) is 3. The number of amides is 1. The van der Waals surface area contributed by atoms with Gasteiger partial charge in [-0.3, -0.25) is 15.6 Å². The molecule has 4 N–H and O–H groups in total. The van der Waals surface area contributed by atoms with E-state index in [1.165, 1.54) is 0 Å². The molecule has 162 valence electrons. The summed E-state index contributed by atoms with van der Waals surface area (Å²) >= 11 is 0. The highest BCUT2D eigenvalue weighted by Gasteiger charge is 2.29. The van der Waals surface area contributed by atoms with Crippen molar-refractivity contribution >= 4 is 5.91 Å². The number of nitrogens with zero attached hydrogens (tertiary/aromatic N) is 2. The summed E-state index contributed by atoms with van der Waals surface area (Å²) < 4.78 is 18.4. The number of nitrogen functional groups attached to an aromatic ring is 1. The van der Waals surface area contributed by atoms with Crippen molar-refractivity contribution in [1.82, 2.24) is 15.0 Å². The lowest BCUT2D eigenvalue weighted by Crippen LogP contribution is -2.36. The van der Waals surface area contributed by atoms with Gasteiger partial charge in [-0.05, 0) is 30.0 Å². The van der Waals surface area contributed by atoms with Crippen LogP contribution in [0.1, 0.15) is 42.2 Å². The Morgan fingerprint density at radius 3 is 2.77 bits per heavy atom. The lowest BCUT2D eigenvalue weighted by Gasteiger charge is -2.33. The average Bonchev–Trinajstić information content (AvgIpc) is 2.74. The predicted octanol–water partition coefficient (Wildman–Crippen LogP) is 1.81. The van der Waals surface area contributed by atoms with Crippen molar-refractivity contribution in [3.63, 3.8) is 0 Å². The maximum atomic E-state index is 12.1. The summed E-state index contributed by atoms with van der Waals surface area (Å²) in [4.78, 5) is 16.8. The highest BCUT2D eigenvalue weighted by Crippen LogP contribution is 2.40. The van der Waals surface area contributed by atoms with E-state index in [1.54, 1.807) is 26.5 Å². The van der Waals surface area contributed by atoms with Crippen LogP contribution in [0, 0.1) is 11.3 Å². The van der Waals surface area contributed by atoms with E-state index in [-0.39, 0.29) is 17.0 Å². The summed E-state index contributed by atoms with van der Waals surface area (Å²) in [6.45, 7) is 5.37. The minimum absolute atomic E-state index is 0.0835. The number of ether oxygens (including phenoxy) is 3. The standard InChI is InChI=1S/C21H29N5O4/c1-12(2)16-8-13-9-18(30-7-5-6-28-3)21(29-4)24-19(13)17-10-15(22)14(11-26(16)17)20(27)25-23/h9-12,16,22H,5-8,23H2,1-4H3,(H,25,27)/t16-/m0/s1. The topological polar surface area (TPSA) is 124 Å². The van der Waals surface area contributed by atoms with Gasteiger partial charge in [0.25, 0.3) is 11.8 Å². The van der Waals surface area contributed by atoms with Crippen LogP contribution in [0.15, 0.2) is 18.3 Å². The molecule has 0 saturated heterocycles. The molecule has 9 nitrogen and oxygen atoms in total. The molecule has 1 amide bonds. The molecule has 0 bridgehead atoms. The molecule has 0 aliphatic carbocycles. The number of carbonyl (C=O) groups excluding carboxylic acids is 1. The van der Waals surface area contributed by atoms with E-state index in [1.807, 2.05) is 10.6 Å². The molecule has 2 aromatic rings. The van der Waals surface area contributed by atoms with Gasteiger partial charge in [-0.25, -0.2) is 10.8 Å². The predicted molar refractivity (Wildman–Crippen MR) is 111 cm³/mol. The van der Waals surface area contributed by atoms with E-state index in [9.17, 15) is 4.79 Å². The zero-order valence-corrected chi connectivity index (χ0v) is 17.8. The maximum Gasteiger partial charge on any atom is 0.268 e. The van der Waals surface area contributed by atoms with E-state index in [2.05, 4.69) is 19.3 Å². The fourth-order valence-electron chi connectivity index (χ4n) is 3.70. The largest absolute Gasteiger partial charge is 0.488 e. The molecule has 0 unspecified atom stereocenters. The second-order valence-corrected chi connectivity index (χ2v) is 7.58. The third-order valence-corrected chi connectivity index (χ3v) is 5.27. The van der Waals surface area contributed by atoms with Crippen molar-refractivity contribution in [1.29, 1.82) is 5.41 Å². The van der Waals surface area contributed by atoms with Crippen LogP contribution >= 0.6 is 0 Å². The van der Waals surface area contributed by atoms with Gasteiger partial charge in [0.15, 0.2) is 5.75 Å². The van der Waals surface area contributed by atoms with Crippen LogP contribution in [-0.2, 0) is 11.2 Å². The van der Waals surface area contributed by atoms with Gasteiger partial charge < -0.3 is 18.8 Å². The first-order valence-electron chi connectivity index (χ1n) is 9.93. The Morgan fingerprint density at radius 1 is 1.37 bits per heavy atom. The second kappa shape index (κ2) is 9.27. The van der Waals surface area contributed by atoms with Crippen molar-refractivity contribution in [3.8, 4) is 23.0 Å². The number of nitrogens with two attached hydrogens (primary N) is 1. The average molecular weight is 415 g/mol. The zero-order chi connectivity index (χ0) is 21.8. The Hall–Kier alpha value is -2.91. The summed E-state index contributed by atoms with van der Waals surface area (Å²) in [5.74, 6) is 6.07. The van der Waals surface area contributed by atoms with Crippen LogP contribution in [0.5, 0.6) is 11.6 Å². The molecule has 30 heavy (non-hydrogen) atoms. The minimum Gasteiger partial charge on any atom is -0.488 e. The number of hydrogen-bond acceptors (Lipinski definition) is 7. The van der Waals surface area contributed by atoms with Gasteiger partial charge in [0.05, 0.1) is 36.0 Å². The lowest BCUT2D eigenvalue weighted by atomic mass is 9.89. The van der Waals surface area contributed by atoms with Crippen LogP contribution in [0.25, 0.3) is 11.4 Å². The molecule has 0 aromatic carbocycles. The third kappa shape index (κ3) is 4.17. The molecule has 1 aliphatic rings. The zero-order valence-electron chi connectivity index (χ0n) is 17.8. The summed E-state index contributed by atoms with van der Waals surface area (Å²) in [5, 5.41) is 8.39. The number of rotatable bonds is 8. The number of nitrogens with one attached hydrogen (secondary N) is 2. The number of carbonyl (C=O) groups is 1. The number of pyridine rings is 2. The summed E-state index contributed by atoms with van der Waals surface area (Å²) in [5.41, 5.74) is 4.84. The quantitative estimate of drug-likeness (QED) is 0.261. The second-order valence-electron chi connectivity index (χ2n) is 7.58. The van der Waals surface area contributed by atoms with Gasteiger partial charge in [0.2, 0.25) is 0 Å². The lowest BCUT2D eigenvalue weighted by molar-refractivity contribution is 0.0951. The highest BCUT2D eigenvalue weighted by atomic mass is 16.5. The molecule has 1 atom stereocenters. The van der Waals surface area contributed by atoms with Crippen LogP contribution in [0.2, 0.25) is 0 Å². The van der Waals surface area contributed by atoms with Crippen LogP contribution < -0.4 is 26.1 Å². The normalized spacial score (nSPS) is 14.8. The van der Waals surface area contributed by atoms with Crippen molar-refractivity contribution in [2.75, 3.05) is 27.4 Å². The van der Waals surface area contributed by atoms with Crippen molar-refractivity contribution < 1.29 is 19.0 Å². The summed E-state index contributed by atoms with van der Waals surface area (Å²) in [6.07, 6.45) is 3.17. The Kier molecular flexibility index (Phi) is 6.73. The molecule has 1 aliphatic heterocycles. The monoisotopic (exact) mass is 415 g/mol. The van der Waals surface area contributed by atoms with Crippen LogP contribution in [-0.4, -0.2) is 42.9 Å². The molecule has 0 saturated carbocycles. The first kappa shape index (κ1) is 21.8. The van der Waals surface area contributed by atoms with E-state index < -0.39 is 5.91 Å². The molecule has 3 heterocycles. The van der Waals surface area contributed by atoms with E-state index >= 15 is 0 Å². The van der Waals surface area contributed by atoms with Gasteiger partial charge in [0.1, 0.15) is 0 Å². The fourth-order valence-corrected chi connectivity index (χ4v) is 3.70. The number of aromatic nitrogens is 2. The van der Waals surface area contributed by atoms with Crippen LogP contribution in [0.3, 0.4) is 0 Å². The number of methoxy groups -OCH3 is 2. The Balaban J connectivity index is 2.10. The minimum atomic E-state index is -0.492. The van der Waals surface area contributed by atoms with E-state index in [4.69, 9.17) is 30.4 Å². The highest BCUT2D eigenvalue weighted by molar-refractivity contribution is 5.93. The molecule has 0 spiro atoms. The summed E-state index contributed by atoms with van der Waals surface area (Å²) in [7, 11) is 3.21. The van der Waals surface area contributed by atoms with Crippen molar-refractivity contribution in [2.45, 2.75) is 32.7 Å². The molecule has 0 radical (unpaired) electrons. The number of hydrazine groups is 1. The third-order valence-electron chi connectivity index (χ3n) is 5.27. The van der Waals surface area contributed by atoms with E-state index in [0.29, 0.717) is 30.8 Å². The molecule has 0 fully saturated rings. The SMILES string of the molecule is COCCCOc1cc2c(nc1OC)-c1cc(=N)c(C(=O)NN)cn1[C@H](C(C)C)C2. The Bertz CT molecular complexity index is 986. The summed E-state index contributed by atoms with van der Waals surface area (Å²) in [6, 6.07) is 3.72. The molecule has 2 aromatic heterocycles. The maximum absolute atomic E-state index is 12.1. The number of fused-ring (bicyclic) bond motifs is 3. The van der Waals surface area contributed by atoms with Gasteiger partial charge in [0, 0.05) is 32.4 Å². The van der Waals surface area contributed by atoms with Crippen molar-refractivity contribution in [3.05, 3.63) is 34.8 Å². The molecule has 3 rings (SSSR count). The van der Waals surface area contributed by atoms with Gasteiger partial charge >= 0.3 is 0 Å². The molecular weight excluding hydrogens is 386 g/mol. The van der Waals surface area contributed by atoms with Gasteiger partial charge in [-0.1, -0.05) is 13.8 Å². The Labute approximate surface area is 175 Å². The fraction of sp³-hybridized carbons (Fsp3) is 0.476. The van der Waals surface area contributed by atoms with Crippen LogP contribution in [0.4, 0.5) is 0 Å². The molecule has 9 heteroatoms. The van der Waals surface area contributed by atoms with Crippen molar-refractivity contribution in [2.24, 2.45) is 11.8 Å². The Morgan fingerprint density at radius 2 is 2.13 bits per heavy atom. The smallest absolute Gasteiger partial charge is 0.268 e. The first-order chi connectivity index (χ1) is 14.4. The van der Waals surface area contributed by atoms with Gasteiger partial charge in [-0.15, -0.1) is 0 Å². The molecular formula is C21H29N5O4. The van der Waals surface area contributed by atoms with E-state index in [0.717, 1.165) is 29.8 Å².